The van der Waals surface area contributed by atoms with Crippen molar-refractivity contribution in [3.63, 3.8) is 0 Å². The summed E-state index contributed by atoms with van der Waals surface area (Å²) >= 11 is 0. The minimum atomic E-state index is -1.14. The molecule has 13 nitrogen and oxygen atoms in total. The van der Waals surface area contributed by atoms with E-state index in [1.807, 2.05) is 30.3 Å². The number of nitrogens with one attached hydrogen (secondary N) is 1. The molecule has 6 atom stereocenters. The molecule has 1 aliphatic heterocycles. The Morgan fingerprint density at radius 3 is 1.82 bits per heavy atom. The van der Waals surface area contributed by atoms with E-state index in [0.717, 1.165) is 44.1 Å². The predicted molar refractivity (Wildman–Crippen MR) is 184 cm³/mol. The average Bonchev–Trinajstić information content (AvgIpc) is 3.06. The Balaban J connectivity index is 1.57. The molecule has 2 N–H and O–H groups in total. The maximum atomic E-state index is 12.1. The summed E-state index contributed by atoms with van der Waals surface area (Å²) in [5.74, 6) is -2.27. The van der Waals surface area contributed by atoms with Crippen LogP contribution in [0.1, 0.15) is 104 Å². The maximum absolute atomic E-state index is 12.1. The van der Waals surface area contributed by atoms with Crippen molar-refractivity contribution in [1.82, 2.24) is 5.32 Å². The lowest BCUT2D eigenvalue weighted by atomic mass is 9.96. The third-order valence-electron chi connectivity index (χ3n) is 8.02. The van der Waals surface area contributed by atoms with E-state index in [1.54, 1.807) is 0 Å². The SMILES string of the molecule is CC(=O)N[C@H]1[C@H](OCCCCCCCCCCCCCOC[C@H](O)COCc2ccccc2)O[C@H](COC(C)=O)[C@H](OC(C)=O)[C@@H]1OC(C)=O. The van der Waals surface area contributed by atoms with Crippen molar-refractivity contribution in [2.24, 2.45) is 0 Å². The van der Waals surface area contributed by atoms with Crippen LogP contribution < -0.4 is 5.32 Å². The van der Waals surface area contributed by atoms with Gasteiger partial charge in [-0.15, -0.1) is 0 Å². The molecule has 13 heteroatoms. The Kier molecular flexibility index (Phi) is 22.2. The molecule has 1 saturated heterocycles. The molecule has 0 bridgehead atoms. The summed E-state index contributed by atoms with van der Waals surface area (Å²) in [5.41, 5.74) is 1.08. The molecule has 0 unspecified atom stereocenters. The summed E-state index contributed by atoms with van der Waals surface area (Å²) in [6.07, 6.45) is 7.06. The standard InChI is InChI=1S/C37H59NO12/c1-27(39)38-34-36(49-30(4)42)35(48-29(3)41)33(26-47-28(2)40)50-37(34)46-22-18-13-11-9-7-5-6-8-10-12-17-21-44-24-32(43)25-45-23-31-19-15-14-16-20-31/h14-16,19-20,32-37,43H,5-13,17-18,21-26H2,1-4H3,(H,38,39)/t32-,33+,34+,35-,36+,37+/m0/s1. The fourth-order valence-corrected chi connectivity index (χ4v) is 5.68. The molecule has 1 aromatic carbocycles. The van der Waals surface area contributed by atoms with Crippen LogP contribution in [0.3, 0.4) is 0 Å². The number of ether oxygens (including phenoxy) is 7. The van der Waals surface area contributed by atoms with E-state index >= 15 is 0 Å². The molecule has 1 heterocycles. The molecule has 1 aliphatic rings. The molecule has 1 fully saturated rings. The van der Waals surface area contributed by atoms with Crippen molar-refractivity contribution in [2.75, 3.05) is 33.0 Å². The Bertz CT molecular complexity index is 1100. The first-order valence-electron chi connectivity index (χ1n) is 18.0. The number of hydrogen-bond acceptors (Lipinski definition) is 12. The lowest BCUT2D eigenvalue weighted by Crippen LogP contribution is -2.66. The Morgan fingerprint density at radius 1 is 0.720 bits per heavy atom. The van der Waals surface area contributed by atoms with E-state index in [1.165, 1.54) is 59.8 Å². The van der Waals surface area contributed by atoms with Crippen molar-refractivity contribution in [1.29, 1.82) is 0 Å². The summed E-state index contributed by atoms with van der Waals surface area (Å²) in [6, 6.07) is 8.93. The molecular weight excluding hydrogens is 650 g/mol. The largest absolute Gasteiger partial charge is 0.463 e. The van der Waals surface area contributed by atoms with E-state index in [2.05, 4.69) is 5.32 Å². The number of aliphatic hydroxyl groups is 1. The number of rotatable bonds is 26. The van der Waals surface area contributed by atoms with Crippen LogP contribution in [0, 0.1) is 0 Å². The van der Waals surface area contributed by atoms with Crippen molar-refractivity contribution < 1.29 is 57.4 Å². The van der Waals surface area contributed by atoms with Gasteiger partial charge >= 0.3 is 17.9 Å². The van der Waals surface area contributed by atoms with Crippen LogP contribution in [0.25, 0.3) is 0 Å². The van der Waals surface area contributed by atoms with Gasteiger partial charge in [0.25, 0.3) is 0 Å². The second kappa shape index (κ2) is 25.8. The first-order chi connectivity index (χ1) is 24.1. The minimum absolute atomic E-state index is 0.260. The highest BCUT2D eigenvalue weighted by Crippen LogP contribution is 2.28. The fraction of sp³-hybridized carbons (Fsp3) is 0.730. The smallest absolute Gasteiger partial charge is 0.303 e. The van der Waals surface area contributed by atoms with Gasteiger partial charge in [-0.25, -0.2) is 0 Å². The zero-order valence-electron chi connectivity index (χ0n) is 30.3. The summed E-state index contributed by atoms with van der Waals surface area (Å²) in [6.45, 7) is 6.71. The van der Waals surface area contributed by atoms with Gasteiger partial charge in [0.15, 0.2) is 18.5 Å². The van der Waals surface area contributed by atoms with Crippen LogP contribution in [0.5, 0.6) is 0 Å². The van der Waals surface area contributed by atoms with E-state index in [0.29, 0.717) is 26.4 Å². The topological polar surface area (TPSA) is 165 Å². The van der Waals surface area contributed by atoms with Crippen LogP contribution in [0.4, 0.5) is 0 Å². The van der Waals surface area contributed by atoms with Crippen molar-refractivity contribution in [2.45, 2.75) is 142 Å². The lowest BCUT2D eigenvalue weighted by Gasteiger charge is -2.44. The molecule has 1 aromatic rings. The van der Waals surface area contributed by atoms with E-state index in [9.17, 15) is 24.3 Å². The second-order valence-corrected chi connectivity index (χ2v) is 12.7. The normalized spacial score (nSPS) is 20.9. The van der Waals surface area contributed by atoms with Crippen LogP contribution in [-0.4, -0.2) is 98.7 Å². The molecule has 284 valence electrons. The second-order valence-electron chi connectivity index (χ2n) is 12.7. The highest BCUT2D eigenvalue weighted by Gasteiger charge is 2.51. The first-order valence-corrected chi connectivity index (χ1v) is 18.0. The van der Waals surface area contributed by atoms with Crippen molar-refractivity contribution in [3.8, 4) is 0 Å². The van der Waals surface area contributed by atoms with Gasteiger partial charge in [-0.05, 0) is 18.4 Å². The van der Waals surface area contributed by atoms with Gasteiger partial charge in [-0.1, -0.05) is 88.1 Å². The van der Waals surface area contributed by atoms with Crippen LogP contribution >= 0.6 is 0 Å². The number of carbonyl (C=O) groups is 4. The number of benzene rings is 1. The number of carbonyl (C=O) groups excluding carboxylic acids is 4. The Labute approximate surface area is 297 Å². The molecule has 0 aliphatic carbocycles. The molecule has 0 spiro atoms. The van der Waals surface area contributed by atoms with E-state index in [4.69, 9.17) is 33.2 Å². The van der Waals surface area contributed by atoms with E-state index < -0.39 is 60.6 Å². The average molecular weight is 710 g/mol. The number of hydrogen-bond donors (Lipinski definition) is 2. The van der Waals surface area contributed by atoms with Gasteiger partial charge in [0, 0.05) is 40.9 Å². The number of aliphatic hydroxyl groups excluding tert-OH is 1. The zero-order valence-corrected chi connectivity index (χ0v) is 30.3. The number of amides is 1. The quantitative estimate of drug-likeness (QED) is 0.0785. The molecule has 2 rings (SSSR count). The van der Waals surface area contributed by atoms with Gasteiger partial charge in [0.05, 0.1) is 19.8 Å². The van der Waals surface area contributed by atoms with Crippen molar-refractivity contribution >= 4 is 23.8 Å². The van der Waals surface area contributed by atoms with Crippen molar-refractivity contribution in [3.05, 3.63) is 35.9 Å². The predicted octanol–water partition coefficient (Wildman–Crippen LogP) is 4.54. The molecule has 1 amide bonds. The van der Waals surface area contributed by atoms with Gasteiger partial charge < -0.3 is 43.6 Å². The summed E-state index contributed by atoms with van der Waals surface area (Å²) < 4.78 is 39.2. The highest BCUT2D eigenvalue weighted by molar-refractivity contribution is 5.73. The lowest BCUT2D eigenvalue weighted by molar-refractivity contribution is -0.277. The summed E-state index contributed by atoms with van der Waals surface area (Å²) in [4.78, 5) is 47.4. The Morgan fingerprint density at radius 2 is 1.26 bits per heavy atom. The van der Waals surface area contributed by atoms with Gasteiger partial charge in [-0.2, -0.15) is 0 Å². The summed E-state index contributed by atoms with van der Waals surface area (Å²) in [7, 11) is 0. The fourth-order valence-electron chi connectivity index (χ4n) is 5.68. The number of esters is 3. The Hall–Kier alpha value is -3.10. The van der Waals surface area contributed by atoms with Gasteiger partial charge in [0.1, 0.15) is 24.9 Å². The molecule has 0 saturated carbocycles. The summed E-state index contributed by atoms with van der Waals surface area (Å²) in [5, 5.41) is 12.7. The van der Waals surface area contributed by atoms with Crippen LogP contribution in [-0.2, 0) is 58.9 Å². The first kappa shape index (κ1) is 43.1. The molecule has 50 heavy (non-hydrogen) atoms. The number of unbranched alkanes of at least 4 members (excludes halogenated alkanes) is 10. The van der Waals surface area contributed by atoms with Crippen LogP contribution in [0.15, 0.2) is 30.3 Å². The maximum Gasteiger partial charge on any atom is 0.303 e. The molecule has 0 radical (unpaired) electrons. The highest BCUT2D eigenvalue weighted by atomic mass is 16.7. The monoisotopic (exact) mass is 709 g/mol. The minimum Gasteiger partial charge on any atom is -0.463 e. The van der Waals surface area contributed by atoms with E-state index in [-0.39, 0.29) is 13.2 Å². The van der Waals surface area contributed by atoms with Crippen LogP contribution in [0.2, 0.25) is 0 Å². The third-order valence-corrected chi connectivity index (χ3v) is 8.02. The zero-order chi connectivity index (χ0) is 36.6. The molecular formula is C37H59NO12. The molecule has 0 aromatic heterocycles. The van der Waals surface area contributed by atoms with Gasteiger partial charge in [0.2, 0.25) is 5.91 Å². The van der Waals surface area contributed by atoms with Gasteiger partial charge in [-0.3, -0.25) is 19.2 Å². The third kappa shape index (κ3) is 19.3.